The minimum Gasteiger partial charge on any atom is -0.467 e. The molecule has 2 aromatic rings. The summed E-state index contributed by atoms with van der Waals surface area (Å²) >= 11 is 0. The summed E-state index contributed by atoms with van der Waals surface area (Å²) in [4.78, 5) is 26.9. The van der Waals surface area contributed by atoms with Crippen molar-refractivity contribution in [2.75, 3.05) is 13.1 Å². The minimum atomic E-state index is -0.00379. The number of aryl methyl sites for hydroxylation is 1. The first-order chi connectivity index (χ1) is 12.6. The molecule has 136 valence electrons. The van der Waals surface area contributed by atoms with Crippen molar-refractivity contribution in [3.05, 3.63) is 59.5 Å². The fourth-order valence-electron chi connectivity index (χ4n) is 3.98. The van der Waals surface area contributed by atoms with E-state index in [1.165, 1.54) is 5.56 Å². The highest BCUT2D eigenvalue weighted by Crippen LogP contribution is 2.58. The monoisotopic (exact) mass is 352 g/mol. The average Bonchev–Trinajstić information content (AvgIpc) is 2.99. The zero-order valence-corrected chi connectivity index (χ0v) is 15.0. The molecule has 1 spiro atoms. The quantitative estimate of drug-likeness (QED) is 0.900. The van der Waals surface area contributed by atoms with Gasteiger partial charge in [0.2, 0.25) is 11.8 Å². The van der Waals surface area contributed by atoms with E-state index in [-0.39, 0.29) is 23.1 Å². The number of carbonyl (C=O) groups is 2. The van der Waals surface area contributed by atoms with Gasteiger partial charge in [-0.25, -0.2) is 0 Å². The summed E-state index contributed by atoms with van der Waals surface area (Å²) < 4.78 is 5.25. The van der Waals surface area contributed by atoms with Crippen molar-refractivity contribution in [3.8, 4) is 0 Å². The van der Waals surface area contributed by atoms with Crippen LogP contribution < -0.4 is 5.32 Å². The van der Waals surface area contributed by atoms with E-state index in [2.05, 4.69) is 5.32 Å². The van der Waals surface area contributed by atoms with E-state index in [4.69, 9.17) is 4.42 Å². The van der Waals surface area contributed by atoms with Gasteiger partial charge < -0.3 is 14.6 Å². The number of nitrogens with zero attached hydrogens (tertiary/aromatic N) is 1. The van der Waals surface area contributed by atoms with Gasteiger partial charge in [-0.05, 0) is 37.5 Å². The summed E-state index contributed by atoms with van der Waals surface area (Å²) in [6, 6.07) is 11.8. The van der Waals surface area contributed by atoms with Crippen molar-refractivity contribution in [3.63, 3.8) is 0 Å². The van der Waals surface area contributed by atoms with E-state index in [1.54, 1.807) is 6.26 Å². The second-order valence-corrected chi connectivity index (χ2v) is 7.64. The lowest BCUT2D eigenvalue weighted by Crippen LogP contribution is -2.32. The molecule has 1 aromatic heterocycles. The Morgan fingerprint density at radius 3 is 2.81 bits per heavy atom. The highest BCUT2D eigenvalue weighted by atomic mass is 16.3. The van der Waals surface area contributed by atoms with Crippen LogP contribution >= 0.6 is 0 Å². The summed E-state index contributed by atoms with van der Waals surface area (Å²) in [5.41, 5.74) is 2.24. The number of benzene rings is 1. The molecule has 2 amide bonds. The molecule has 1 N–H and O–H groups in total. The second-order valence-electron chi connectivity index (χ2n) is 7.64. The SMILES string of the molecule is Cc1ccc(CC(=O)N2CC[C@]3(C[C@H]3C(=O)NCc3ccco3)C2)cc1. The van der Waals surface area contributed by atoms with Gasteiger partial charge in [0.15, 0.2) is 0 Å². The Morgan fingerprint density at radius 2 is 2.08 bits per heavy atom. The van der Waals surface area contributed by atoms with Crippen LogP contribution in [-0.2, 0) is 22.6 Å². The Labute approximate surface area is 153 Å². The minimum absolute atomic E-state index is 0.00379. The lowest BCUT2D eigenvalue weighted by atomic mass is 10.0. The zero-order valence-electron chi connectivity index (χ0n) is 15.0. The molecule has 2 fully saturated rings. The third-order valence-electron chi connectivity index (χ3n) is 5.74. The smallest absolute Gasteiger partial charge is 0.227 e. The standard InChI is InChI=1S/C21H24N2O3/c1-15-4-6-16(7-5-15)11-19(24)23-9-8-21(14-23)12-18(21)20(25)22-13-17-3-2-10-26-17/h2-7,10,18H,8-9,11-14H2,1H3,(H,22,25)/t18-,21-/m0/s1. The molecule has 26 heavy (non-hydrogen) atoms. The van der Waals surface area contributed by atoms with Crippen LogP contribution in [0.1, 0.15) is 29.7 Å². The number of furan rings is 1. The highest BCUT2D eigenvalue weighted by Gasteiger charge is 2.61. The van der Waals surface area contributed by atoms with Gasteiger partial charge in [-0.1, -0.05) is 29.8 Å². The normalized spacial score (nSPS) is 24.0. The van der Waals surface area contributed by atoms with Gasteiger partial charge in [0, 0.05) is 24.4 Å². The molecule has 0 bridgehead atoms. The van der Waals surface area contributed by atoms with E-state index >= 15 is 0 Å². The van der Waals surface area contributed by atoms with Gasteiger partial charge in [0.05, 0.1) is 19.2 Å². The van der Waals surface area contributed by atoms with E-state index in [0.29, 0.717) is 19.5 Å². The molecule has 2 heterocycles. The Kier molecular flexibility index (Phi) is 4.31. The summed E-state index contributed by atoms with van der Waals surface area (Å²) in [6.07, 6.45) is 3.84. The molecule has 4 rings (SSSR count). The maximum Gasteiger partial charge on any atom is 0.227 e. The van der Waals surface area contributed by atoms with Crippen LogP contribution in [0.4, 0.5) is 0 Å². The lowest BCUT2D eigenvalue weighted by molar-refractivity contribution is -0.130. The summed E-state index contributed by atoms with van der Waals surface area (Å²) in [7, 11) is 0. The predicted octanol–water partition coefficient (Wildman–Crippen LogP) is 2.69. The second kappa shape index (κ2) is 6.63. The van der Waals surface area contributed by atoms with E-state index < -0.39 is 0 Å². The van der Waals surface area contributed by atoms with Crippen molar-refractivity contribution < 1.29 is 14.0 Å². The van der Waals surface area contributed by atoms with Crippen LogP contribution in [0.25, 0.3) is 0 Å². The fraction of sp³-hybridized carbons (Fsp3) is 0.429. The number of likely N-dealkylation sites (tertiary alicyclic amines) is 1. The maximum atomic E-state index is 12.6. The molecule has 5 heteroatoms. The van der Waals surface area contributed by atoms with E-state index in [1.807, 2.05) is 48.2 Å². The third kappa shape index (κ3) is 3.39. The summed E-state index contributed by atoms with van der Waals surface area (Å²) in [6.45, 7) is 3.93. The van der Waals surface area contributed by atoms with E-state index in [9.17, 15) is 9.59 Å². The van der Waals surface area contributed by atoms with Gasteiger partial charge in [-0.15, -0.1) is 0 Å². The van der Waals surface area contributed by atoms with Gasteiger partial charge in [0.1, 0.15) is 5.76 Å². The first kappa shape index (κ1) is 16.9. The summed E-state index contributed by atoms with van der Waals surface area (Å²) in [5.74, 6) is 1.02. The van der Waals surface area contributed by atoms with Crippen LogP contribution in [0.5, 0.6) is 0 Å². The van der Waals surface area contributed by atoms with Crippen molar-refractivity contribution in [1.29, 1.82) is 0 Å². The number of nitrogens with one attached hydrogen (secondary N) is 1. The highest BCUT2D eigenvalue weighted by molar-refractivity contribution is 5.84. The first-order valence-corrected chi connectivity index (χ1v) is 9.19. The average molecular weight is 352 g/mol. The van der Waals surface area contributed by atoms with Gasteiger partial charge in [-0.3, -0.25) is 9.59 Å². The molecular weight excluding hydrogens is 328 g/mol. The lowest BCUT2D eigenvalue weighted by Gasteiger charge is -2.17. The summed E-state index contributed by atoms with van der Waals surface area (Å²) in [5, 5.41) is 2.95. The molecule has 2 atom stereocenters. The Morgan fingerprint density at radius 1 is 1.27 bits per heavy atom. The molecule has 1 aliphatic heterocycles. The topological polar surface area (TPSA) is 62.6 Å². The molecule has 1 saturated carbocycles. The van der Waals surface area contributed by atoms with Crippen molar-refractivity contribution in [2.24, 2.45) is 11.3 Å². The van der Waals surface area contributed by atoms with Crippen molar-refractivity contribution in [1.82, 2.24) is 10.2 Å². The van der Waals surface area contributed by atoms with Gasteiger partial charge in [0.25, 0.3) is 0 Å². The van der Waals surface area contributed by atoms with Gasteiger partial charge in [-0.2, -0.15) is 0 Å². The van der Waals surface area contributed by atoms with Crippen LogP contribution in [-0.4, -0.2) is 29.8 Å². The predicted molar refractivity (Wildman–Crippen MR) is 97.2 cm³/mol. The van der Waals surface area contributed by atoms with E-state index in [0.717, 1.165) is 30.7 Å². The fourth-order valence-corrected chi connectivity index (χ4v) is 3.98. The van der Waals surface area contributed by atoms with Crippen LogP contribution in [0.2, 0.25) is 0 Å². The first-order valence-electron chi connectivity index (χ1n) is 9.19. The van der Waals surface area contributed by atoms with Crippen molar-refractivity contribution in [2.45, 2.75) is 32.7 Å². The van der Waals surface area contributed by atoms with Crippen LogP contribution in [0, 0.1) is 18.3 Å². The maximum absolute atomic E-state index is 12.6. The Balaban J connectivity index is 1.29. The number of hydrogen-bond donors (Lipinski definition) is 1. The molecule has 2 aliphatic rings. The van der Waals surface area contributed by atoms with Gasteiger partial charge >= 0.3 is 0 Å². The Hall–Kier alpha value is -2.56. The van der Waals surface area contributed by atoms with Crippen LogP contribution in [0.3, 0.4) is 0 Å². The zero-order chi connectivity index (χ0) is 18.1. The third-order valence-corrected chi connectivity index (χ3v) is 5.74. The molecule has 5 nitrogen and oxygen atoms in total. The molecule has 1 saturated heterocycles. The van der Waals surface area contributed by atoms with Crippen LogP contribution in [0.15, 0.2) is 47.1 Å². The molecule has 0 radical (unpaired) electrons. The number of amides is 2. The molecule has 1 aliphatic carbocycles. The van der Waals surface area contributed by atoms with Crippen molar-refractivity contribution >= 4 is 11.8 Å². The molecule has 0 unspecified atom stereocenters. The molecular formula is C21H24N2O3. The number of carbonyl (C=O) groups excluding carboxylic acids is 2. The number of rotatable bonds is 5. The largest absolute Gasteiger partial charge is 0.467 e. The molecule has 1 aromatic carbocycles. The Bertz CT molecular complexity index is 797. The number of hydrogen-bond acceptors (Lipinski definition) is 3.